The molecule has 0 aliphatic carbocycles. The number of nitrogens with zero attached hydrogens (tertiary/aromatic N) is 2. The Morgan fingerprint density at radius 2 is 1.90 bits per heavy atom. The van der Waals surface area contributed by atoms with Crippen LogP contribution in [0.1, 0.15) is 23.7 Å². The number of fused-ring (bicyclic) bond motifs is 1. The second kappa shape index (κ2) is 8.60. The van der Waals surface area contributed by atoms with Crippen LogP contribution in [-0.4, -0.2) is 61.7 Å². The molecule has 4 rings (SSSR count). The van der Waals surface area contributed by atoms with Gasteiger partial charge in [0, 0.05) is 36.2 Å². The smallest absolute Gasteiger partial charge is 0.265 e. The van der Waals surface area contributed by atoms with Gasteiger partial charge in [-0.15, -0.1) is 0 Å². The minimum absolute atomic E-state index is 0.0804. The molecule has 1 N–H and O–H groups in total. The summed E-state index contributed by atoms with van der Waals surface area (Å²) in [4.78, 5) is 26.5. The Morgan fingerprint density at radius 1 is 1.16 bits per heavy atom. The summed E-state index contributed by atoms with van der Waals surface area (Å²) < 4.78 is 34.1. The van der Waals surface area contributed by atoms with Crippen LogP contribution in [0.15, 0.2) is 51.8 Å². The number of piperazine rings is 1. The van der Waals surface area contributed by atoms with Crippen molar-refractivity contribution in [3.05, 3.63) is 52.5 Å². The summed E-state index contributed by atoms with van der Waals surface area (Å²) in [6, 6.07) is 11.6. The summed E-state index contributed by atoms with van der Waals surface area (Å²) >= 11 is 3.36. The van der Waals surface area contributed by atoms with E-state index in [1.807, 2.05) is 13.0 Å². The van der Waals surface area contributed by atoms with E-state index in [2.05, 4.69) is 21.2 Å². The predicted molar refractivity (Wildman–Crippen MR) is 119 cm³/mol. The van der Waals surface area contributed by atoms with Gasteiger partial charge in [0.05, 0.1) is 10.6 Å². The van der Waals surface area contributed by atoms with Crippen molar-refractivity contribution in [2.45, 2.75) is 24.3 Å². The normalized spacial score (nSPS) is 19.4. The SMILES string of the molecule is CC[C@@H]1Oc2ccc(S(=O)(=O)N3CCN(C(=O)c4cccc(Br)c4)CC3)cc2NC1=O. The third-order valence-electron chi connectivity index (χ3n) is 5.38. The second-order valence-corrected chi connectivity index (χ2v) is 10.2. The summed E-state index contributed by atoms with van der Waals surface area (Å²) in [5.41, 5.74) is 0.903. The van der Waals surface area contributed by atoms with Crippen molar-refractivity contribution < 1.29 is 22.7 Å². The Morgan fingerprint density at radius 3 is 2.58 bits per heavy atom. The lowest BCUT2D eigenvalue weighted by molar-refractivity contribution is -0.123. The predicted octanol–water partition coefficient (Wildman–Crippen LogP) is 2.71. The first kappa shape index (κ1) is 21.8. The third kappa shape index (κ3) is 4.32. The minimum Gasteiger partial charge on any atom is -0.478 e. The number of ether oxygens (including phenoxy) is 1. The van der Waals surface area contributed by atoms with Crippen molar-refractivity contribution >= 4 is 43.5 Å². The Kier molecular flexibility index (Phi) is 6.05. The van der Waals surface area contributed by atoms with E-state index in [0.717, 1.165) is 4.47 Å². The van der Waals surface area contributed by atoms with E-state index < -0.39 is 16.1 Å². The Bertz CT molecular complexity index is 1130. The zero-order valence-electron chi connectivity index (χ0n) is 16.9. The van der Waals surface area contributed by atoms with Crippen molar-refractivity contribution in [1.29, 1.82) is 0 Å². The fourth-order valence-corrected chi connectivity index (χ4v) is 5.49. The van der Waals surface area contributed by atoms with E-state index in [-0.39, 0.29) is 29.8 Å². The Labute approximate surface area is 189 Å². The van der Waals surface area contributed by atoms with E-state index in [1.54, 1.807) is 29.2 Å². The van der Waals surface area contributed by atoms with Crippen LogP contribution >= 0.6 is 15.9 Å². The monoisotopic (exact) mass is 507 g/mol. The van der Waals surface area contributed by atoms with Crippen molar-refractivity contribution in [2.24, 2.45) is 0 Å². The highest BCUT2D eigenvalue weighted by molar-refractivity contribution is 9.10. The number of nitrogens with one attached hydrogen (secondary N) is 1. The minimum atomic E-state index is -3.77. The van der Waals surface area contributed by atoms with Crippen LogP contribution in [0.3, 0.4) is 0 Å². The molecule has 2 aliphatic rings. The van der Waals surface area contributed by atoms with Gasteiger partial charge >= 0.3 is 0 Å². The zero-order chi connectivity index (χ0) is 22.2. The first-order chi connectivity index (χ1) is 14.8. The molecule has 1 saturated heterocycles. The fraction of sp³-hybridized carbons (Fsp3) is 0.333. The van der Waals surface area contributed by atoms with Gasteiger partial charge < -0.3 is 15.0 Å². The van der Waals surface area contributed by atoms with Crippen LogP contribution in [0.25, 0.3) is 0 Å². The summed E-state index contributed by atoms with van der Waals surface area (Å²) in [7, 11) is -3.77. The van der Waals surface area contributed by atoms with Crippen LogP contribution in [0, 0.1) is 0 Å². The number of anilines is 1. The molecule has 1 fully saturated rings. The largest absolute Gasteiger partial charge is 0.478 e. The van der Waals surface area contributed by atoms with Crippen LogP contribution in [-0.2, 0) is 14.8 Å². The molecule has 2 aromatic rings. The molecule has 0 aromatic heterocycles. The second-order valence-electron chi connectivity index (χ2n) is 7.37. The van der Waals surface area contributed by atoms with Gasteiger partial charge in [-0.25, -0.2) is 8.42 Å². The molecule has 0 spiro atoms. The quantitative estimate of drug-likeness (QED) is 0.686. The maximum atomic E-state index is 13.1. The fourth-order valence-electron chi connectivity index (χ4n) is 3.64. The standard InChI is InChI=1S/C21H22BrN3O5S/c1-2-18-20(26)23-17-13-16(6-7-19(17)30-18)31(28,29)25-10-8-24(9-11-25)21(27)14-4-3-5-15(22)12-14/h3-7,12-13,18H,2,8-11H2,1H3,(H,23,26)/t18-/m0/s1. The molecule has 2 aromatic carbocycles. The van der Waals surface area contributed by atoms with Gasteiger partial charge in [-0.2, -0.15) is 4.31 Å². The zero-order valence-corrected chi connectivity index (χ0v) is 19.3. The summed E-state index contributed by atoms with van der Waals surface area (Å²) in [6.07, 6.45) is -0.0559. The van der Waals surface area contributed by atoms with Crippen molar-refractivity contribution in [1.82, 2.24) is 9.21 Å². The maximum Gasteiger partial charge on any atom is 0.265 e. The average Bonchev–Trinajstić information content (AvgIpc) is 2.77. The van der Waals surface area contributed by atoms with Gasteiger partial charge in [-0.05, 0) is 42.8 Å². The molecule has 0 saturated carbocycles. The highest BCUT2D eigenvalue weighted by atomic mass is 79.9. The summed E-state index contributed by atoms with van der Waals surface area (Å²) in [5, 5.41) is 2.72. The lowest BCUT2D eigenvalue weighted by Gasteiger charge is -2.34. The highest BCUT2D eigenvalue weighted by Crippen LogP contribution is 2.33. The molecule has 164 valence electrons. The first-order valence-corrected chi connectivity index (χ1v) is 12.2. The van der Waals surface area contributed by atoms with Crippen molar-refractivity contribution in [2.75, 3.05) is 31.5 Å². The van der Waals surface area contributed by atoms with Gasteiger partial charge in [0.1, 0.15) is 5.75 Å². The maximum absolute atomic E-state index is 13.1. The lowest BCUT2D eigenvalue weighted by atomic mass is 10.2. The Hall–Kier alpha value is -2.43. The topological polar surface area (TPSA) is 96.0 Å². The van der Waals surface area contributed by atoms with Gasteiger partial charge in [0.25, 0.3) is 11.8 Å². The number of amides is 2. The first-order valence-electron chi connectivity index (χ1n) is 9.96. The van der Waals surface area contributed by atoms with Gasteiger partial charge in [-0.1, -0.05) is 28.9 Å². The lowest BCUT2D eigenvalue weighted by Crippen LogP contribution is -2.50. The number of hydrogen-bond acceptors (Lipinski definition) is 5. The number of carbonyl (C=O) groups excluding carboxylic acids is 2. The number of rotatable bonds is 4. The third-order valence-corrected chi connectivity index (χ3v) is 7.76. The average molecular weight is 508 g/mol. The van der Waals surface area contributed by atoms with E-state index in [0.29, 0.717) is 36.5 Å². The molecule has 2 heterocycles. The van der Waals surface area contributed by atoms with E-state index in [1.165, 1.54) is 16.4 Å². The van der Waals surface area contributed by atoms with E-state index >= 15 is 0 Å². The van der Waals surface area contributed by atoms with E-state index in [4.69, 9.17) is 4.74 Å². The molecular formula is C21H22BrN3O5S. The number of halogens is 1. The molecule has 1 atom stereocenters. The van der Waals surface area contributed by atoms with E-state index in [9.17, 15) is 18.0 Å². The molecule has 10 heteroatoms. The molecule has 8 nitrogen and oxygen atoms in total. The summed E-state index contributed by atoms with van der Waals surface area (Å²) in [5.74, 6) is 0.0385. The van der Waals surface area contributed by atoms with Gasteiger partial charge in [0.15, 0.2) is 6.10 Å². The molecule has 2 aliphatic heterocycles. The Balaban J connectivity index is 1.47. The molecule has 0 unspecified atom stereocenters. The van der Waals surface area contributed by atoms with Crippen molar-refractivity contribution in [3.8, 4) is 5.75 Å². The molecule has 0 bridgehead atoms. The number of hydrogen-bond donors (Lipinski definition) is 1. The molecule has 0 radical (unpaired) electrons. The number of sulfonamides is 1. The number of benzene rings is 2. The van der Waals surface area contributed by atoms with Crippen molar-refractivity contribution in [3.63, 3.8) is 0 Å². The molecule has 31 heavy (non-hydrogen) atoms. The van der Waals surface area contributed by atoms with Crippen LogP contribution in [0.5, 0.6) is 5.75 Å². The van der Waals surface area contributed by atoms with Crippen LogP contribution in [0.2, 0.25) is 0 Å². The van der Waals surface area contributed by atoms with Crippen LogP contribution in [0.4, 0.5) is 5.69 Å². The highest BCUT2D eigenvalue weighted by Gasteiger charge is 2.32. The molecular weight excluding hydrogens is 486 g/mol. The number of carbonyl (C=O) groups is 2. The summed E-state index contributed by atoms with van der Waals surface area (Å²) in [6.45, 7) is 2.83. The molecule has 2 amide bonds. The van der Waals surface area contributed by atoms with Crippen LogP contribution < -0.4 is 10.1 Å². The van der Waals surface area contributed by atoms with Gasteiger partial charge in [-0.3, -0.25) is 9.59 Å². The van der Waals surface area contributed by atoms with Gasteiger partial charge in [0.2, 0.25) is 10.0 Å².